The minimum absolute atomic E-state index is 0.0187. The van der Waals surface area contributed by atoms with Gasteiger partial charge in [0.05, 0.1) is 4.92 Å². The molecule has 0 aliphatic rings. The van der Waals surface area contributed by atoms with Gasteiger partial charge in [-0.25, -0.2) is 4.79 Å². The van der Waals surface area contributed by atoms with Gasteiger partial charge in [-0.1, -0.05) is 40.9 Å². The average molecular weight is 497 g/mol. The summed E-state index contributed by atoms with van der Waals surface area (Å²) in [7, 11) is 0. The fraction of sp³-hybridized carbons (Fsp3) is 0.136. The number of hydrogen-bond donors (Lipinski definition) is 0. The Kier molecular flexibility index (Phi) is 7.80. The second kappa shape index (κ2) is 10.5. The topological polar surface area (TPSA) is 87.9 Å². The number of hydrogen-bond acceptors (Lipinski definition) is 6. The van der Waals surface area contributed by atoms with Crippen LogP contribution in [0.4, 0.5) is 5.69 Å². The smallest absolute Gasteiger partial charge is 0.347 e. The van der Waals surface area contributed by atoms with E-state index in [1.54, 1.807) is 49.4 Å². The largest absolute Gasteiger partial charge is 0.479 e. The second-order valence-corrected chi connectivity index (χ2v) is 7.83. The number of halogens is 3. The van der Waals surface area contributed by atoms with Crippen LogP contribution < -0.4 is 9.47 Å². The number of rotatable bonds is 8. The first-order valence-electron chi connectivity index (χ1n) is 9.22. The van der Waals surface area contributed by atoms with Crippen molar-refractivity contribution in [2.24, 2.45) is 0 Å². The molecule has 0 saturated heterocycles. The molecular formula is C22H16Cl3NO6. The summed E-state index contributed by atoms with van der Waals surface area (Å²) in [6, 6.07) is 15.2. The SMILES string of the molecule is CC(Oc1ccc(Oc2ccc(Cl)cc2[N+](=O)[O-])cc1)C(=O)OCc1ccc(Cl)cc1Cl. The highest BCUT2D eigenvalue weighted by Gasteiger charge is 2.18. The lowest BCUT2D eigenvalue weighted by molar-refractivity contribution is -0.385. The van der Waals surface area contributed by atoms with Crippen molar-refractivity contribution >= 4 is 46.5 Å². The highest BCUT2D eigenvalue weighted by Crippen LogP contribution is 2.34. The summed E-state index contributed by atoms with van der Waals surface area (Å²) in [5.74, 6) is 0.200. The minimum atomic E-state index is -0.884. The van der Waals surface area contributed by atoms with Crippen molar-refractivity contribution in [3.05, 3.63) is 91.4 Å². The summed E-state index contributed by atoms with van der Waals surface area (Å²) in [6.07, 6.45) is -0.884. The van der Waals surface area contributed by atoms with Gasteiger partial charge in [-0.3, -0.25) is 10.1 Å². The fourth-order valence-electron chi connectivity index (χ4n) is 2.59. The molecule has 0 amide bonds. The molecule has 0 aromatic heterocycles. The molecule has 1 atom stereocenters. The molecule has 0 heterocycles. The van der Waals surface area contributed by atoms with Crippen LogP contribution >= 0.6 is 34.8 Å². The molecule has 3 aromatic rings. The van der Waals surface area contributed by atoms with Crippen LogP contribution in [0.1, 0.15) is 12.5 Å². The van der Waals surface area contributed by atoms with E-state index >= 15 is 0 Å². The molecule has 0 fully saturated rings. The number of carbonyl (C=O) groups is 1. The fourth-order valence-corrected chi connectivity index (χ4v) is 3.22. The first-order chi connectivity index (χ1) is 15.2. The van der Waals surface area contributed by atoms with E-state index in [0.29, 0.717) is 27.1 Å². The molecule has 0 aliphatic heterocycles. The van der Waals surface area contributed by atoms with Gasteiger partial charge in [0, 0.05) is 26.7 Å². The van der Waals surface area contributed by atoms with E-state index in [9.17, 15) is 14.9 Å². The first-order valence-corrected chi connectivity index (χ1v) is 10.4. The van der Waals surface area contributed by atoms with Gasteiger partial charge >= 0.3 is 11.7 Å². The zero-order valence-electron chi connectivity index (χ0n) is 16.6. The number of nitro benzene ring substituents is 1. The lowest BCUT2D eigenvalue weighted by atomic mass is 10.2. The lowest BCUT2D eigenvalue weighted by Crippen LogP contribution is -2.26. The van der Waals surface area contributed by atoms with E-state index in [4.69, 9.17) is 49.0 Å². The summed E-state index contributed by atoms with van der Waals surface area (Å²) in [6.45, 7) is 1.53. The number of nitrogens with zero attached hydrogens (tertiary/aromatic N) is 1. The standard InChI is InChI=1S/C22H16Cl3NO6/c1-13(22(27)30-12-14-2-3-15(23)10-19(14)25)31-17-5-7-18(8-6-17)32-21-9-4-16(24)11-20(21)26(28)29/h2-11,13H,12H2,1H3. The minimum Gasteiger partial charge on any atom is -0.479 e. The Morgan fingerprint density at radius 3 is 2.25 bits per heavy atom. The van der Waals surface area contributed by atoms with Crippen LogP contribution in [0.15, 0.2) is 60.7 Å². The molecule has 1 unspecified atom stereocenters. The van der Waals surface area contributed by atoms with E-state index in [2.05, 4.69) is 0 Å². The van der Waals surface area contributed by atoms with Gasteiger partial charge in [-0.2, -0.15) is 0 Å². The van der Waals surface area contributed by atoms with Crippen LogP contribution in [-0.4, -0.2) is 17.0 Å². The Balaban J connectivity index is 1.58. The first kappa shape index (κ1) is 23.7. The number of carbonyl (C=O) groups excluding carboxylic acids is 1. The average Bonchev–Trinajstić information content (AvgIpc) is 2.75. The van der Waals surface area contributed by atoms with Crippen LogP contribution in [0.3, 0.4) is 0 Å². The summed E-state index contributed by atoms with van der Waals surface area (Å²) >= 11 is 17.7. The highest BCUT2D eigenvalue weighted by molar-refractivity contribution is 6.35. The van der Waals surface area contributed by atoms with Gasteiger partial charge in [-0.05, 0) is 55.5 Å². The summed E-state index contributed by atoms with van der Waals surface area (Å²) < 4.78 is 16.4. The van der Waals surface area contributed by atoms with Gasteiger partial charge in [0.1, 0.15) is 18.1 Å². The predicted octanol–water partition coefficient (Wildman–Crippen LogP) is 6.86. The molecule has 7 nitrogen and oxygen atoms in total. The van der Waals surface area contributed by atoms with Crippen LogP contribution in [0.5, 0.6) is 17.2 Å². The molecular weight excluding hydrogens is 481 g/mol. The van der Waals surface area contributed by atoms with Crippen LogP contribution in [0.2, 0.25) is 15.1 Å². The molecule has 0 N–H and O–H groups in total. The normalized spacial score (nSPS) is 11.5. The van der Waals surface area contributed by atoms with E-state index in [0.717, 1.165) is 0 Å². The summed E-state index contributed by atoms with van der Waals surface area (Å²) in [5.41, 5.74) is 0.365. The van der Waals surface area contributed by atoms with Crippen molar-refractivity contribution in [2.45, 2.75) is 19.6 Å². The lowest BCUT2D eigenvalue weighted by Gasteiger charge is -2.15. The van der Waals surface area contributed by atoms with Gasteiger partial charge in [0.2, 0.25) is 5.75 Å². The van der Waals surface area contributed by atoms with E-state index in [-0.39, 0.29) is 23.1 Å². The third-order valence-electron chi connectivity index (χ3n) is 4.20. The van der Waals surface area contributed by atoms with Crippen molar-refractivity contribution < 1.29 is 23.9 Å². The molecule has 32 heavy (non-hydrogen) atoms. The zero-order chi connectivity index (χ0) is 23.3. The number of nitro groups is 1. The number of esters is 1. The van der Waals surface area contributed by atoms with Crippen molar-refractivity contribution in [3.63, 3.8) is 0 Å². The van der Waals surface area contributed by atoms with Crippen LogP contribution in [-0.2, 0) is 16.1 Å². The van der Waals surface area contributed by atoms with Gasteiger partial charge in [0.25, 0.3) is 0 Å². The molecule has 0 aliphatic carbocycles. The third-order valence-corrected chi connectivity index (χ3v) is 5.02. The maximum atomic E-state index is 12.2. The van der Waals surface area contributed by atoms with E-state index < -0.39 is 17.0 Å². The number of benzene rings is 3. The Bertz CT molecular complexity index is 1140. The Morgan fingerprint density at radius 2 is 1.59 bits per heavy atom. The highest BCUT2D eigenvalue weighted by atomic mass is 35.5. The Hall–Kier alpha value is -3.00. The molecule has 0 spiro atoms. The Labute approximate surface area is 198 Å². The molecule has 0 radical (unpaired) electrons. The monoisotopic (exact) mass is 495 g/mol. The van der Waals surface area contributed by atoms with Gasteiger partial charge < -0.3 is 14.2 Å². The van der Waals surface area contributed by atoms with E-state index in [1.165, 1.54) is 18.2 Å². The summed E-state index contributed by atoms with van der Waals surface area (Å²) in [5, 5.41) is 12.3. The molecule has 3 rings (SSSR count). The third kappa shape index (κ3) is 6.26. The maximum Gasteiger partial charge on any atom is 0.347 e. The van der Waals surface area contributed by atoms with Gasteiger partial charge in [0.15, 0.2) is 6.10 Å². The second-order valence-electron chi connectivity index (χ2n) is 6.55. The van der Waals surface area contributed by atoms with Crippen molar-refractivity contribution in [3.8, 4) is 17.2 Å². The van der Waals surface area contributed by atoms with Crippen molar-refractivity contribution in [1.82, 2.24) is 0 Å². The van der Waals surface area contributed by atoms with Crippen LogP contribution in [0, 0.1) is 10.1 Å². The molecule has 0 saturated carbocycles. The van der Waals surface area contributed by atoms with E-state index in [1.807, 2.05) is 0 Å². The predicted molar refractivity (Wildman–Crippen MR) is 121 cm³/mol. The van der Waals surface area contributed by atoms with Crippen molar-refractivity contribution in [1.29, 1.82) is 0 Å². The molecule has 166 valence electrons. The Morgan fingerprint density at radius 1 is 0.969 bits per heavy atom. The molecule has 10 heteroatoms. The molecule has 0 bridgehead atoms. The van der Waals surface area contributed by atoms with Gasteiger partial charge in [-0.15, -0.1) is 0 Å². The molecule has 3 aromatic carbocycles. The maximum absolute atomic E-state index is 12.2. The number of ether oxygens (including phenoxy) is 3. The van der Waals surface area contributed by atoms with Crippen molar-refractivity contribution in [2.75, 3.05) is 0 Å². The van der Waals surface area contributed by atoms with Crippen LogP contribution in [0.25, 0.3) is 0 Å². The zero-order valence-corrected chi connectivity index (χ0v) is 18.9. The quantitative estimate of drug-likeness (QED) is 0.192. The summed E-state index contributed by atoms with van der Waals surface area (Å²) in [4.78, 5) is 22.8.